The fraction of sp³-hybridized carbons (Fsp3) is 0.316. The number of primary amides is 1. The molecule has 4 rings (SSSR count). The highest BCUT2D eigenvalue weighted by atomic mass is 32.2. The second-order valence-electron chi connectivity index (χ2n) is 6.56. The number of fused-ring (bicyclic) bond motifs is 1. The Morgan fingerprint density at radius 1 is 1.30 bits per heavy atom. The lowest BCUT2D eigenvalue weighted by molar-refractivity contribution is -0.113. The molecule has 1 unspecified atom stereocenters. The van der Waals surface area contributed by atoms with Crippen LogP contribution in [0.3, 0.4) is 0 Å². The Bertz CT molecular complexity index is 885. The van der Waals surface area contributed by atoms with Gasteiger partial charge in [0, 0.05) is 31.7 Å². The third-order valence-corrected chi connectivity index (χ3v) is 5.83. The average Bonchev–Trinajstić information content (AvgIpc) is 3.03. The molecular weight excluding hydrogens is 364 g/mol. The van der Waals surface area contributed by atoms with Gasteiger partial charge in [0.25, 0.3) is 5.91 Å². The predicted octanol–water partition coefficient (Wildman–Crippen LogP) is 2.06. The van der Waals surface area contributed by atoms with Gasteiger partial charge in [-0.25, -0.2) is 4.79 Å². The van der Waals surface area contributed by atoms with Crippen LogP contribution in [-0.4, -0.2) is 59.2 Å². The summed E-state index contributed by atoms with van der Waals surface area (Å²) < 4.78 is 5.94. The molecule has 1 atom stereocenters. The first kappa shape index (κ1) is 17.7. The van der Waals surface area contributed by atoms with Gasteiger partial charge >= 0.3 is 6.03 Å². The Labute approximate surface area is 161 Å². The van der Waals surface area contributed by atoms with E-state index in [1.807, 2.05) is 48.2 Å². The number of aliphatic imine (C=N–C) groups is 1. The summed E-state index contributed by atoms with van der Waals surface area (Å²) in [6, 6.07) is 7.42. The van der Waals surface area contributed by atoms with Crippen LogP contribution in [0, 0.1) is 0 Å². The molecule has 0 radical (unpaired) electrons. The quantitative estimate of drug-likeness (QED) is 0.749. The SMILES string of the molecule is CC1Oc2ccccc2C=C1/C=C1/SC(N2CCN(C(N)=O)CC2)=NC1=O. The lowest BCUT2D eigenvalue weighted by Crippen LogP contribution is -2.51. The molecule has 1 saturated heterocycles. The minimum absolute atomic E-state index is 0.135. The van der Waals surface area contributed by atoms with E-state index in [0.717, 1.165) is 16.9 Å². The molecule has 27 heavy (non-hydrogen) atoms. The third-order valence-electron chi connectivity index (χ3n) is 4.78. The van der Waals surface area contributed by atoms with Gasteiger partial charge in [0.15, 0.2) is 5.17 Å². The van der Waals surface area contributed by atoms with Crippen molar-refractivity contribution in [3.63, 3.8) is 0 Å². The number of urea groups is 1. The van der Waals surface area contributed by atoms with Crippen molar-refractivity contribution in [2.75, 3.05) is 26.2 Å². The van der Waals surface area contributed by atoms with E-state index in [4.69, 9.17) is 10.5 Å². The number of carbonyl (C=O) groups is 2. The van der Waals surface area contributed by atoms with Crippen molar-refractivity contribution in [3.05, 3.63) is 46.4 Å². The van der Waals surface area contributed by atoms with Gasteiger partial charge in [-0.15, -0.1) is 0 Å². The Morgan fingerprint density at radius 2 is 2.04 bits per heavy atom. The van der Waals surface area contributed by atoms with Crippen LogP contribution in [0.25, 0.3) is 6.08 Å². The van der Waals surface area contributed by atoms with Crippen molar-refractivity contribution >= 4 is 34.9 Å². The van der Waals surface area contributed by atoms with Crippen LogP contribution in [0.1, 0.15) is 12.5 Å². The van der Waals surface area contributed by atoms with E-state index in [0.29, 0.717) is 36.3 Å². The van der Waals surface area contributed by atoms with Gasteiger partial charge in [0.2, 0.25) is 0 Å². The summed E-state index contributed by atoms with van der Waals surface area (Å²) in [5, 5.41) is 0.681. The standard InChI is InChI=1S/C19H20N4O3S/c1-12-14(10-13-4-2-3-5-15(13)26-12)11-16-17(24)21-19(27-16)23-8-6-22(7-9-23)18(20)25/h2-5,10-12H,6-9H2,1H3,(H2,20,25)/b16-11+. The number of benzene rings is 1. The van der Waals surface area contributed by atoms with Gasteiger partial charge in [-0.3, -0.25) is 4.79 Å². The number of amides is 3. The van der Waals surface area contributed by atoms with E-state index in [-0.39, 0.29) is 12.0 Å². The van der Waals surface area contributed by atoms with E-state index >= 15 is 0 Å². The summed E-state index contributed by atoms with van der Waals surface area (Å²) in [7, 11) is 0. The highest BCUT2D eigenvalue weighted by molar-refractivity contribution is 8.18. The molecule has 8 heteroatoms. The number of hydrogen-bond donors (Lipinski definition) is 1. The number of amidine groups is 1. The van der Waals surface area contributed by atoms with E-state index in [1.54, 1.807) is 4.90 Å². The molecule has 2 N–H and O–H groups in total. The van der Waals surface area contributed by atoms with Crippen LogP contribution in [-0.2, 0) is 4.79 Å². The fourth-order valence-corrected chi connectivity index (χ4v) is 4.19. The van der Waals surface area contributed by atoms with Crippen molar-refractivity contribution in [2.45, 2.75) is 13.0 Å². The average molecular weight is 384 g/mol. The van der Waals surface area contributed by atoms with Crippen LogP contribution in [0.2, 0.25) is 0 Å². The molecule has 1 aromatic rings. The number of carbonyl (C=O) groups excluding carboxylic acids is 2. The number of thioether (sulfide) groups is 1. The van der Waals surface area contributed by atoms with Crippen LogP contribution in [0.5, 0.6) is 5.75 Å². The minimum atomic E-state index is -0.411. The van der Waals surface area contributed by atoms with E-state index in [1.165, 1.54) is 11.8 Å². The van der Waals surface area contributed by atoms with Crippen molar-refractivity contribution in [2.24, 2.45) is 10.7 Å². The Hall–Kier alpha value is -2.74. The third kappa shape index (κ3) is 3.57. The number of para-hydroxylation sites is 1. The number of ether oxygens (including phenoxy) is 1. The smallest absolute Gasteiger partial charge is 0.314 e. The summed E-state index contributed by atoms with van der Waals surface area (Å²) in [4.78, 5) is 32.0. The molecule has 0 aliphatic carbocycles. The highest BCUT2D eigenvalue weighted by Gasteiger charge is 2.30. The van der Waals surface area contributed by atoms with Crippen molar-refractivity contribution in [1.29, 1.82) is 0 Å². The van der Waals surface area contributed by atoms with Gasteiger partial charge in [0.05, 0.1) is 4.91 Å². The number of piperazine rings is 1. The predicted molar refractivity (Wildman–Crippen MR) is 105 cm³/mol. The molecule has 3 amide bonds. The first-order valence-electron chi connectivity index (χ1n) is 8.80. The molecule has 7 nitrogen and oxygen atoms in total. The molecule has 0 spiro atoms. The Kier molecular flexibility index (Phi) is 4.65. The molecule has 0 saturated carbocycles. The molecule has 140 valence electrons. The Balaban J connectivity index is 1.48. The minimum Gasteiger partial charge on any atom is -0.485 e. The highest BCUT2D eigenvalue weighted by Crippen LogP contribution is 2.34. The van der Waals surface area contributed by atoms with E-state index < -0.39 is 6.03 Å². The maximum absolute atomic E-state index is 12.4. The van der Waals surface area contributed by atoms with E-state index in [9.17, 15) is 9.59 Å². The molecule has 3 aliphatic rings. The molecule has 3 aliphatic heterocycles. The van der Waals surface area contributed by atoms with Gasteiger partial charge in [-0.2, -0.15) is 4.99 Å². The zero-order valence-corrected chi connectivity index (χ0v) is 15.7. The monoisotopic (exact) mass is 384 g/mol. The molecule has 0 bridgehead atoms. The number of nitrogens with two attached hydrogens (primary N) is 1. The lowest BCUT2D eigenvalue weighted by Gasteiger charge is -2.34. The topological polar surface area (TPSA) is 88.2 Å². The zero-order valence-electron chi connectivity index (χ0n) is 14.9. The van der Waals surface area contributed by atoms with Crippen LogP contribution < -0.4 is 10.5 Å². The van der Waals surface area contributed by atoms with Gasteiger partial charge in [-0.1, -0.05) is 18.2 Å². The lowest BCUT2D eigenvalue weighted by atomic mass is 10.0. The van der Waals surface area contributed by atoms with Crippen LogP contribution in [0.15, 0.2) is 45.8 Å². The van der Waals surface area contributed by atoms with Crippen molar-refractivity contribution in [1.82, 2.24) is 9.80 Å². The second kappa shape index (κ2) is 7.11. The molecular formula is C19H20N4O3S. The number of rotatable bonds is 1. The first-order chi connectivity index (χ1) is 13.0. The zero-order chi connectivity index (χ0) is 19.0. The summed E-state index contributed by atoms with van der Waals surface area (Å²) in [6.45, 7) is 4.27. The summed E-state index contributed by atoms with van der Waals surface area (Å²) in [6.07, 6.45) is 3.78. The normalized spacial score (nSPS) is 23.7. The number of nitrogens with zero attached hydrogens (tertiary/aromatic N) is 3. The molecule has 0 aromatic heterocycles. The van der Waals surface area contributed by atoms with Crippen molar-refractivity contribution < 1.29 is 14.3 Å². The Morgan fingerprint density at radius 3 is 2.78 bits per heavy atom. The summed E-state index contributed by atoms with van der Waals surface area (Å²) in [5.41, 5.74) is 7.26. The maximum atomic E-state index is 12.4. The van der Waals surface area contributed by atoms with Gasteiger partial charge in [0.1, 0.15) is 11.9 Å². The number of hydrogen-bond acceptors (Lipinski definition) is 5. The fourth-order valence-electron chi connectivity index (χ4n) is 3.22. The van der Waals surface area contributed by atoms with Crippen LogP contribution >= 0.6 is 11.8 Å². The first-order valence-corrected chi connectivity index (χ1v) is 9.62. The van der Waals surface area contributed by atoms with Crippen molar-refractivity contribution in [3.8, 4) is 5.75 Å². The van der Waals surface area contributed by atoms with E-state index in [2.05, 4.69) is 4.99 Å². The van der Waals surface area contributed by atoms with Crippen LogP contribution in [0.4, 0.5) is 4.79 Å². The largest absolute Gasteiger partial charge is 0.485 e. The molecule has 1 aromatic carbocycles. The second-order valence-corrected chi connectivity index (χ2v) is 7.57. The molecule has 1 fully saturated rings. The maximum Gasteiger partial charge on any atom is 0.314 e. The summed E-state index contributed by atoms with van der Waals surface area (Å²) in [5.74, 6) is 0.612. The molecule has 3 heterocycles. The summed E-state index contributed by atoms with van der Waals surface area (Å²) >= 11 is 1.37. The van der Waals surface area contributed by atoms with Gasteiger partial charge < -0.3 is 20.3 Å². The van der Waals surface area contributed by atoms with Gasteiger partial charge in [-0.05, 0) is 42.5 Å².